The number of morpholine rings is 1. The van der Waals surface area contributed by atoms with Gasteiger partial charge < -0.3 is 35.2 Å². The highest BCUT2D eigenvalue weighted by atomic mass is 16.6. The molecule has 1 saturated carbocycles. The van der Waals surface area contributed by atoms with Gasteiger partial charge >= 0.3 is 6.03 Å². The van der Waals surface area contributed by atoms with Crippen LogP contribution in [0.1, 0.15) is 24.8 Å². The zero-order chi connectivity index (χ0) is 26.2. The number of carbonyl (C=O) groups is 1. The van der Waals surface area contributed by atoms with E-state index >= 15 is 0 Å². The molecule has 2 aliphatic heterocycles. The van der Waals surface area contributed by atoms with Gasteiger partial charge in [-0.1, -0.05) is 5.16 Å². The monoisotopic (exact) mass is 525 g/mol. The Hall–Kier alpha value is -3.71. The van der Waals surface area contributed by atoms with Crippen molar-refractivity contribution in [3.63, 3.8) is 0 Å². The molecule has 0 unspecified atom stereocenters. The fourth-order valence-corrected chi connectivity index (χ4v) is 4.42. The van der Waals surface area contributed by atoms with Gasteiger partial charge in [-0.05, 0) is 25.3 Å². The van der Waals surface area contributed by atoms with Crippen molar-refractivity contribution in [1.82, 2.24) is 24.8 Å². The Balaban J connectivity index is 1.10. The number of nitrogens with one attached hydrogen (secondary N) is 1. The lowest BCUT2D eigenvalue weighted by molar-refractivity contribution is 0.0214. The first-order chi connectivity index (χ1) is 18.7. The van der Waals surface area contributed by atoms with E-state index < -0.39 is 0 Å². The second-order valence-corrected chi connectivity index (χ2v) is 9.48. The largest absolute Gasteiger partial charge is 0.474 e. The summed E-state index contributed by atoms with van der Waals surface area (Å²) >= 11 is 0. The standard InChI is InChI=1S/C25H35N9O4/c26-23-21(17-30-37-15-12-32-10-13-36-14-11-32)24(29-18-28-23)33-6-8-34(9-7-33)25(35)31-19-4-5-22(27-16-19)38-20-2-1-3-20/h4-5,16-18,20H,1-3,6-15H2,(H,31,35)(H2,26,28,29). The number of amides is 2. The van der Waals surface area contributed by atoms with Gasteiger partial charge in [0.25, 0.3) is 0 Å². The molecule has 13 heteroatoms. The first-order valence-electron chi connectivity index (χ1n) is 13.2. The van der Waals surface area contributed by atoms with Crippen LogP contribution in [0.25, 0.3) is 0 Å². The van der Waals surface area contributed by atoms with Crippen LogP contribution in [0.5, 0.6) is 5.88 Å². The summed E-state index contributed by atoms with van der Waals surface area (Å²) < 4.78 is 11.1. The van der Waals surface area contributed by atoms with Crippen molar-refractivity contribution < 1.29 is 19.1 Å². The van der Waals surface area contributed by atoms with E-state index in [0.29, 0.717) is 61.6 Å². The number of carbonyl (C=O) groups excluding carboxylic acids is 1. The summed E-state index contributed by atoms with van der Waals surface area (Å²) in [7, 11) is 0. The summed E-state index contributed by atoms with van der Waals surface area (Å²) in [5, 5.41) is 7.02. The molecule has 0 radical (unpaired) electrons. The maximum atomic E-state index is 12.8. The molecule has 38 heavy (non-hydrogen) atoms. The van der Waals surface area contributed by atoms with Crippen molar-refractivity contribution in [3.8, 4) is 5.88 Å². The number of nitrogen functional groups attached to an aromatic ring is 1. The molecule has 0 spiro atoms. The highest BCUT2D eigenvalue weighted by Gasteiger charge is 2.25. The van der Waals surface area contributed by atoms with Gasteiger partial charge in [0.2, 0.25) is 5.88 Å². The van der Waals surface area contributed by atoms with Gasteiger partial charge in [-0.2, -0.15) is 0 Å². The second kappa shape index (κ2) is 12.7. The lowest BCUT2D eigenvalue weighted by Gasteiger charge is -2.35. The number of oxime groups is 1. The molecule has 2 aromatic rings. The van der Waals surface area contributed by atoms with Crippen LogP contribution in [-0.4, -0.2) is 109 Å². The number of aromatic nitrogens is 3. The summed E-state index contributed by atoms with van der Waals surface area (Å²) in [4.78, 5) is 37.2. The van der Waals surface area contributed by atoms with Gasteiger partial charge in [-0.25, -0.2) is 19.7 Å². The quantitative estimate of drug-likeness (QED) is 0.280. The van der Waals surface area contributed by atoms with Crippen molar-refractivity contribution >= 4 is 29.6 Å². The number of nitrogens with two attached hydrogens (primary N) is 1. The Labute approximate surface area is 221 Å². The van der Waals surface area contributed by atoms with Gasteiger partial charge in [0.05, 0.1) is 36.9 Å². The molecule has 0 bridgehead atoms. The summed E-state index contributed by atoms with van der Waals surface area (Å²) in [6.07, 6.45) is 8.25. The highest BCUT2D eigenvalue weighted by molar-refractivity contribution is 5.92. The summed E-state index contributed by atoms with van der Waals surface area (Å²) in [6.45, 7) is 6.80. The van der Waals surface area contributed by atoms with Crippen LogP contribution in [0.15, 0.2) is 29.8 Å². The van der Waals surface area contributed by atoms with E-state index in [2.05, 4.69) is 35.2 Å². The Kier molecular flexibility index (Phi) is 8.66. The SMILES string of the molecule is Nc1ncnc(N2CCN(C(=O)Nc3ccc(OC4CCC4)nc3)CC2)c1C=NOCCN1CCOCC1. The summed E-state index contributed by atoms with van der Waals surface area (Å²) in [6, 6.07) is 3.44. The summed E-state index contributed by atoms with van der Waals surface area (Å²) in [5.41, 5.74) is 7.37. The molecule has 4 heterocycles. The third-order valence-corrected chi connectivity index (χ3v) is 6.95. The minimum atomic E-state index is -0.170. The maximum Gasteiger partial charge on any atom is 0.322 e. The lowest BCUT2D eigenvalue weighted by atomic mass is 9.96. The van der Waals surface area contributed by atoms with Crippen LogP contribution < -0.4 is 20.7 Å². The van der Waals surface area contributed by atoms with Crippen molar-refractivity contribution in [3.05, 3.63) is 30.2 Å². The number of pyridine rings is 1. The van der Waals surface area contributed by atoms with E-state index in [0.717, 1.165) is 45.7 Å². The molecular weight excluding hydrogens is 490 g/mol. The van der Waals surface area contributed by atoms with E-state index in [9.17, 15) is 4.79 Å². The maximum absolute atomic E-state index is 12.8. The number of urea groups is 1. The molecule has 204 valence electrons. The molecule has 3 N–H and O–H groups in total. The minimum Gasteiger partial charge on any atom is -0.474 e. The molecule has 0 aromatic carbocycles. The number of piperazine rings is 1. The zero-order valence-electron chi connectivity index (χ0n) is 21.5. The number of hydrogen-bond acceptors (Lipinski definition) is 11. The van der Waals surface area contributed by atoms with Gasteiger partial charge in [0, 0.05) is 51.9 Å². The zero-order valence-corrected chi connectivity index (χ0v) is 21.5. The fraction of sp³-hybridized carbons (Fsp3) is 0.560. The topological polar surface area (TPSA) is 144 Å². The Morgan fingerprint density at radius 2 is 1.95 bits per heavy atom. The van der Waals surface area contributed by atoms with Crippen LogP contribution >= 0.6 is 0 Å². The van der Waals surface area contributed by atoms with Gasteiger partial charge in [0.1, 0.15) is 30.7 Å². The fourth-order valence-electron chi connectivity index (χ4n) is 4.42. The first-order valence-corrected chi connectivity index (χ1v) is 13.2. The van der Waals surface area contributed by atoms with E-state index in [4.69, 9.17) is 20.0 Å². The predicted molar refractivity (Wildman–Crippen MR) is 143 cm³/mol. The van der Waals surface area contributed by atoms with E-state index in [-0.39, 0.29) is 12.1 Å². The molecule has 1 aliphatic carbocycles. The number of nitrogens with zero attached hydrogens (tertiary/aromatic N) is 7. The highest BCUT2D eigenvalue weighted by Crippen LogP contribution is 2.25. The lowest BCUT2D eigenvalue weighted by Crippen LogP contribution is -2.50. The van der Waals surface area contributed by atoms with Crippen molar-refractivity contribution in [2.45, 2.75) is 25.4 Å². The molecule has 5 rings (SSSR count). The number of anilines is 3. The molecule has 0 atom stereocenters. The van der Waals surface area contributed by atoms with Crippen LogP contribution in [0, 0.1) is 0 Å². The van der Waals surface area contributed by atoms with Crippen LogP contribution in [0.4, 0.5) is 22.1 Å². The predicted octanol–water partition coefficient (Wildman–Crippen LogP) is 1.42. The third kappa shape index (κ3) is 6.78. The number of rotatable bonds is 9. The average molecular weight is 526 g/mol. The Bertz CT molecular complexity index is 1080. The van der Waals surface area contributed by atoms with Crippen molar-refractivity contribution in [2.75, 3.05) is 81.6 Å². The third-order valence-electron chi connectivity index (χ3n) is 6.95. The van der Waals surface area contributed by atoms with E-state index in [1.807, 2.05) is 6.07 Å². The smallest absolute Gasteiger partial charge is 0.322 e. The number of hydrogen-bond donors (Lipinski definition) is 2. The minimum absolute atomic E-state index is 0.170. The van der Waals surface area contributed by atoms with Crippen LogP contribution in [-0.2, 0) is 9.57 Å². The van der Waals surface area contributed by atoms with Crippen LogP contribution in [0.2, 0.25) is 0 Å². The average Bonchev–Trinajstić information content (AvgIpc) is 2.93. The molecule has 3 aliphatic rings. The van der Waals surface area contributed by atoms with Gasteiger partial charge in [0.15, 0.2) is 0 Å². The normalized spacial score (nSPS) is 18.8. The molecule has 2 aromatic heterocycles. The second-order valence-electron chi connectivity index (χ2n) is 9.48. The van der Waals surface area contributed by atoms with Gasteiger partial charge in [-0.3, -0.25) is 4.90 Å². The molecule has 13 nitrogen and oxygen atoms in total. The van der Waals surface area contributed by atoms with Crippen LogP contribution in [0.3, 0.4) is 0 Å². The molecule has 2 saturated heterocycles. The van der Waals surface area contributed by atoms with Crippen molar-refractivity contribution in [1.29, 1.82) is 0 Å². The summed E-state index contributed by atoms with van der Waals surface area (Å²) in [5.74, 6) is 1.59. The van der Waals surface area contributed by atoms with E-state index in [1.165, 1.54) is 12.7 Å². The molecule has 2 amide bonds. The molecular formula is C25H35N9O4. The van der Waals surface area contributed by atoms with Gasteiger partial charge in [-0.15, -0.1) is 0 Å². The Morgan fingerprint density at radius 3 is 2.66 bits per heavy atom. The van der Waals surface area contributed by atoms with E-state index in [1.54, 1.807) is 23.4 Å². The van der Waals surface area contributed by atoms with Crippen molar-refractivity contribution in [2.24, 2.45) is 5.16 Å². The number of ether oxygens (including phenoxy) is 2. The molecule has 3 fully saturated rings. The first kappa shape index (κ1) is 25.9. The Morgan fingerprint density at radius 1 is 1.13 bits per heavy atom.